The van der Waals surface area contributed by atoms with Crippen LogP contribution in [0.25, 0.3) is 11.3 Å². The Morgan fingerprint density at radius 2 is 1.89 bits per heavy atom. The van der Waals surface area contributed by atoms with Crippen molar-refractivity contribution >= 4 is 34.5 Å². The van der Waals surface area contributed by atoms with Crippen molar-refractivity contribution in [1.29, 1.82) is 0 Å². The summed E-state index contributed by atoms with van der Waals surface area (Å²) in [6.07, 6.45) is 3.86. The van der Waals surface area contributed by atoms with Crippen LogP contribution in [0.5, 0.6) is 0 Å². The third kappa shape index (κ3) is 3.64. The van der Waals surface area contributed by atoms with Crippen molar-refractivity contribution < 1.29 is 4.79 Å². The predicted molar refractivity (Wildman–Crippen MR) is 113 cm³/mol. The number of hydrogen-bond donors (Lipinski definition) is 1. The summed E-state index contributed by atoms with van der Waals surface area (Å²) in [5.41, 5.74) is 3.35. The topological polar surface area (TPSA) is 42.0 Å². The molecular weight excluding hydrogens is 376 g/mol. The number of carbonyl (C=O) groups excluding carboxylic acids is 1. The third-order valence-electron chi connectivity index (χ3n) is 5.32. The Labute approximate surface area is 168 Å². The summed E-state index contributed by atoms with van der Waals surface area (Å²) in [5, 5.41) is 6.93. The van der Waals surface area contributed by atoms with E-state index in [4.69, 9.17) is 11.6 Å². The molecule has 1 N–H and O–H groups in total. The van der Waals surface area contributed by atoms with Gasteiger partial charge >= 0.3 is 0 Å². The number of rotatable bonds is 4. The molecule has 0 spiro atoms. The highest BCUT2D eigenvalue weighted by atomic mass is 35.5. The van der Waals surface area contributed by atoms with Crippen molar-refractivity contribution in [2.24, 2.45) is 0 Å². The van der Waals surface area contributed by atoms with Crippen molar-refractivity contribution in [2.75, 3.05) is 5.32 Å². The molecule has 27 heavy (non-hydrogen) atoms. The molecule has 1 aromatic heterocycles. The monoisotopic (exact) mass is 396 g/mol. The van der Waals surface area contributed by atoms with Gasteiger partial charge in [0.05, 0.1) is 16.1 Å². The van der Waals surface area contributed by atoms with Gasteiger partial charge in [-0.1, -0.05) is 48.7 Å². The molecular formula is C22H21ClN2OS. The highest BCUT2D eigenvalue weighted by Gasteiger charge is 2.42. The lowest BCUT2D eigenvalue weighted by atomic mass is 9.78. The zero-order valence-electron chi connectivity index (χ0n) is 15.2. The number of thiazole rings is 1. The molecule has 138 valence electrons. The van der Waals surface area contributed by atoms with E-state index in [9.17, 15) is 4.79 Å². The van der Waals surface area contributed by atoms with Crippen LogP contribution in [0.3, 0.4) is 0 Å². The Morgan fingerprint density at radius 3 is 2.56 bits per heavy atom. The lowest BCUT2D eigenvalue weighted by molar-refractivity contribution is -0.121. The first-order chi connectivity index (χ1) is 13.1. The molecule has 0 atom stereocenters. The van der Waals surface area contributed by atoms with Gasteiger partial charge in [-0.05, 0) is 49.6 Å². The van der Waals surface area contributed by atoms with E-state index in [1.165, 1.54) is 0 Å². The Kier molecular flexibility index (Phi) is 5.02. The Balaban J connectivity index is 1.61. The molecule has 3 aromatic rings. The van der Waals surface area contributed by atoms with Crippen molar-refractivity contribution in [3.05, 3.63) is 69.5 Å². The maximum absolute atomic E-state index is 13.3. The van der Waals surface area contributed by atoms with Gasteiger partial charge < -0.3 is 5.32 Å². The van der Waals surface area contributed by atoms with Crippen LogP contribution < -0.4 is 5.32 Å². The van der Waals surface area contributed by atoms with Crippen molar-refractivity contribution in [3.63, 3.8) is 0 Å². The molecule has 0 bridgehead atoms. The minimum absolute atomic E-state index is 0.0638. The predicted octanol–water partition coefficient (Wildman–Crippen LogP) is 6.22. The Morgan fingerprint density at radius 1 is 1.15 bits per heavy atom. The number of benzene rings is 2. The molecule has 1 aliphatic rings. The first-order valence-electron chi connectivity index (χ1n) is 9.17. The first kappa shape index (κ1) is 18.2. The number of aryl methyl sites for hydroxylation is 1. The molecule has 4 rings (SSSR count). The molecule has 0 saturated heterocycles. The number of nitrogens with zero attached hydrogens (tertiary/aromatic N) is 1. The highest BCUT2D eigenvalue weighted by molar-refractivity contribution is 7.09. The van der Waals surface area contributed by atoms with Crippen LogP contribution in [0.1, 0.15) is 36.3 Å². The quantitative estimate of drug-likeness (QED) is 0.568. The summed E-state index contributed by atoms with van der Waals surface area (Å²) in [6.45, 7) is 2.00. The summed E-state index contributed by atoms with van der Waals surface area (Å²) < 4.78 is 0. The summed E-state index contributed by atoms with van der Waals surface area (Å²) in [6, 6.07) is 15.6. The van der Waals surface area contributed by atoms with Crippen LogP contribution in [0.2, 0.25) is 5.02 Å². The summed E-state index contributed by atoms with van der Waals surface area (Å²) in [4.78, 5) is 17.9. The van der Waals surface area contributed by atoms with Crippen LogP contribution in [-0.4, -0.2) is 10.9 Å². The van der Waals surface area contributed by atoms with E-state index in [0.29, 0.717) is 5.02 Å². The van der Waals surface area contributed by atoms with Gasteiger partial charge in [-0.2, -0.15) is 0 Å². The molecule has 1 heterocycles. The summed E-state index contributed by atoms with van der Waals surface area (Å²) in [7, 11) is 0. The zero-order valence-corrected chi connectivity index (χ0v) is 16.7. The normalized spacial score (nSPS) is 15.6. The highest BCUT2D eigenvalue weighted by Crippen LogP contribution is 2.42. The number of anilines is 1. The van der Waals surface area contributed by atoms with Crippen LogP contribution in [0, 0.1) is 6.92 Å². The summed E-state index contributed by atoms with van der Waals surface area (Å²) in [5.74, 6) is 0.0638. The fourth-order valence-electron chi connectivity index (χ4n) is 3.90. The number of amides is 1. The lowest BCUT2D eigenvalue weighted by Crippen LogP contribution is -2.37. The molecule has 1 fully saturated rings. The standard InChI is InChI=1S/C22H21ClN2OS/c1-15-24-20(14-27-15)16-5-4-6-19(13-16)25-21(26)22(11-2-3-12-22)17-7-9-18(23)10-8-17/h4-10,13-14H,2-3,11-12H2,1H3,(H,25,26). The molecule has 1 amide bonds. The van der Waals surface area contributed by atoms with Crippen LogP contribution in [-0.2, 0) is 10.2 Å². The van der Waals surface area contributed by atoms with Crippen LogP contribution >= 0.6 is 22.9 Å². The smallest absolute Gasteiger partial charge is 0.235 e. The second-order valence-electron chi connectivity index (χ2n) is 7.08. The fourth-order valence-corrected chi connectivity index (χ4v) is 4.65. The molecule has 2 aromatic carbocycles. The van der Waals surface area contributed by atoms with Gasteiger partial charge in [0, 0.05) is 21.7 Å². The number of halogens is 1. The Hall–Kier alpha value is -2.17. The molecule has 3 nitrogen and oxygen atoms in total. The van der Waals surface area contributed by atoms with Crippen molar-refractivity contribution in [2.45, 2.75) is 38.0 Å². The first-order valence-corrected chi connectivity index (χ1v) is 10.4. The van der Waals surface area contributed by atoms with E-state index < -0.39 is 5.41 Å². The maximum atomic E-state index is 13.3. The second kappa shape index (κ2) is 7.45. The molecule has 0 unspecified atom stereocenters. The number of nitrogens with one attached hydrogen (secondary N) is 1. The van der Waals surface area contributed by atoms with E-state index in [1.54, 1.807) is 11.3 Å². The minimum Gasteiger partial charge on any atom is -0.325 e. The van der Waals surface area contributed by atoms with Crippen molar-refractivity contribution in [1.82, 2.24) is 4.98 Å². The lowest BCUT2D eigenvalue weighted by Gasteiger charge is -2.28. The van der Waals surface area contributed by atoms with Gasteiger partial charge in [0.15, 0.2) is 0 Å². The van der Waals surface area contributed by atoms with E-state index in [0.717, 1.165) is 53.2 Å². The number of aromatic nitrogens is 1. The second-order valence-corrected chi connectivity index (χ2v) is 8.58. The molecule has 0 radical (unpaired) electrons. The number of carbonyl (C=O) groups is 1. The zero-order chi connectivity index (χ0) is 18.9. The van der Waals surface area contributed by atoms with Gasteiger partial charge in [-0.25, -0.2) is 4.98 Å². The third-order valence-corrected chi connectivity index (χ3v) is 6.35. The van der Waals surface area contributed by atoms with Gasteiger partial charge in [-0.15, -0.1) is 11.3 Å². The molecule has 1 aliphatic carbocycles. The van der Waals surface area contributed by atoms with Crippen molar-refractivity contribution in [3.8, 4) is 11.3 Å². The number of hydrogen-bond acceptors (Lipinski definition) is 3. The van der Waals surface area contributed by atoms with Gasteiger partial charge in [0.2, 0.25) is 5.91 Å². The van der Waals surface area contributed by atoms with Crippen LogP contribution in [0.4, 0.5) is 5.69 Å². The van der Waals surface area contributed by atoms with Gasteiger partial charge in [0.1, 0.15) is 0 Å². The largest absolute Gasteiger partial charge is 0.325 e. The SMILES string of the molecule is Cc1nc(-c2cccc(NC(=O)C3(c4ccc(Cl)cc4)CCCC3)c2)cs1. The van der Waals surface area contributed by atoms with Gasteiger partial charge in [-0.3, -0.25) is 4.79 Å². The van der Waals surface area contributed by atoms with E-state index in [1.807, 2.05) is 60.8 Å². The van der Waals surface area contributed by atoms with E-state index >= 15 is 0 Å². The average molecular weight is 397 g/mol. The van der Waals surface area contributed by atoms with Gasteiger partial charge in [0.25, 0.3) is 0 Å². The van der Waals surface area contributed by atoms with Crippen LogP contribution in [0.15, 0.2) is 53.9 Å². The maximum Gasteiger partial charge on any atom is 0.235 e. The minimum atomic E-state index is -0.474. The fraction of sp³-hybridized carbons (Fsp3) is 0.273. The molecule has 0 aliphatic heterocycles. The Bertz CT molecular complexity index is 958. The average Bonchev–Trinajstić information content (AvgIpc) is 3.33. The van der Waals surface area contributed by atoms with E-state index in [2.05, 4.69) is 10.3 Å². The molecule has 1 saturated carbocycles. The summed E-state index contributed by atoms with van der Waals surface area (Å²) >= 11 is 7.67. The van der Waals surface area contributed by atoms with E-state index in [-0.39, 0.29) is 5.91 Å². The molecule has 5 heteroatoms.